The first-order valence-electron chi connectivity index (χ1n) is 11.2. The van der Waals surface area contributed by atoms with Gasteiger partial charge in [0.1, 0.15) is 12.6 Å². The molecule has 6 nitrogen and oxygen atoms in total. The van der Waals surface area contributed by atoms with Crippen molar-refractivity contribution in [1.82, 2.24) is 10.3 Å². The number of benzene rings is 3. The lowest BCUT2D eigenvalue weighted by Gasteiger charge is -2.19. The Morgan fingerprint density at radius 3 is 2.56 bits per heavy atom. The molecule has 3 aromatic carbocycles. The number of aliphatic carboxylic acids is 1. The van der Waals surface area contributed by atoms with E-state index >= 15 is 0 Å². The fourth-order valence-corrected chi connectivity index (χ4v) is 4.09. The predicted octanol–water partition coefficient (Wildman–Crippen LogP) is 5.58. The molecule has 7 heteroatoms. The highest BCUT2D eigenvalue weighted by Gasteiger charge is 2.21. The van der Waals surface area contributed by atoms with Crippen molar-refractivity contribution in [3.63, 3.8) is 0 Å². The molecular weight excluding hydrogens is 452 g/mol. The molecule has 0 saturated carbocycles. The van der Waals surface area contributed by atoms with Gasteiger partial charge in [0.2, 0.25) is 0 Å². The molecule has 0 unspecified atom stereocenters. The van der Waals surface area contributed by atoms with E-state index in [4.69, 9.17) is 21.1 Å². The predicted molar refractivity (Wildman–Crippen MR) is 134 cm³/mol. The van der Waals surface area contributed by atoms with Gasteiger partial charge < -0.3 is 19.6 Å². The zero-order valence-electron chi connectivity index (χ0n) is 18.9. The average Bonchev–Trinajstić information content (AvgIpc) is 3.25. The maximum atomic E-state index is 12.0. The van der Waals surface area contributed by atoms with Crippen LogP contribution in [0.2, 0.25) is 5.02 Å². The van der Waals surface area contributed by atoms with Gasteiger partial charge in [-0.3, -0.25) is 10.1 Å². The number of halogens is 1. The number of rotatable bonds is 11. The lowest BCUT2D eigenvalue weighted by Crippen LogP contribution is -2.38. The van der Waals surface area contributed by atoms with E-state index in [1.54, 1.807) is 0 Å². The molecule has 0 aliphatic heterocycles. The highest BCUT2D eigenvalue weighted by molar-refractivity contribution is 6.31. The first-order chi connectivity index (χ1) is 16.6. The Morgan fingerprint density at radius 1 is 1.00 bits per heavy atom. The fourth-order valence-electron chi connectivity index (χ4n) is 3.90. The number of H-pyrrole nitrogens is 1. The quantitative estimate of drug-likeness (QED) is 0.262. The maximum absolute atomic E-state index is 12.0. The van der Waals surface area contributed by atoms with Crippen LogP contribution in [-0.2, 0) is 24.4 Å². The molecule has 0 amide bonds. The number of carboxylic acid groups (broad SMARTS) is 1. The van der Waals surface area contributed by atoms with Crippen LogP contribution in [0.4, 0.5) is 0 Å². The number of carboxylic acids is 1. The van der Waals surface area contributed by atoms with Crippen molar-refractivity contribution < 1.29 is 19.4 Å². The summed E-state index contributed by atoms with van der Waals surface area (Å²) in [5.41, 5.74) is 3.61. The molecule has 0 spiro atoms. The first kappa shape index (κ1) is 23.7. The summed E-state index contributed by atoms with van der Waals surface area (Å²) in [4.78, 5) is 15.2. The van der Waals surface area contributed by atoms with Gasteiger partial charge in [-0.05, 0) is 30.7 Å². The SMILES string of the molecule is CCOc1cccc(CN[C@@H](Cc2c[nH]c3ccccc23)C(=O)O)c1OCc1ccccc1Cl. The summed E-state index contributed by atoms with van der Waals surface area (Å²) < 4.78 is 11.9. The molecular formula is C27H27ClN2O4. The second kappa shape index (κ2) is 11.1. The Balaban J connectivity index is 1.52. The summed E-state index contributed by atoms with van der Waals surface area (Å²) in [6, 6.07) is 20.2. The maximum Gasteiger partial charge on any atom is 0.321 e. The number of hydrogen-bond donors (Lipinski definition) is 3. The van der Waals surface area contributed by atoms with E-state index in [1.807, 2.05) is 79.9 Å². The summed E-state index contributed by atoms with van der Waals surface area (Å²) in [7, 11) is 0. The van der Waals surface area contributed by atoms with Crippen molar-refractivity contribution in [1.29, 1.82) is 0 Å². The normalized spacial score (nSPS) is 11.9. The van der Waals surface area contributed by atoms with Crippen LogP contribution in [0.1, 0.15) is 23.6 Å². The summed E-state index contributed by atoms with van der Waals surface area (Å²) in [5.74, 6) is 0.273. The topological polar surface area (TPSA) is 83.6 Å². The van der Waals surface area contributed by atoms with Crippen LogP contribution in [0.25, 0.3) is 10.9 Å². The number of carbonyl (C=O) groups is 1. The van der Waals surface area contributed by atoms with Gasteiger partial charge in [-0.15, -0.1) is 0 Å². The van der Waals surface area contributed by atoms with Gasteiger partial charge >= 0.3 is 5.97 Å². The van der Waals surface area contributed by atoms with Crippen LogP contribution in [0.3, 0.4) is 0 Å². The fraction of sp³-hybridized carbons (Fsp3) is 0.222. The third-order valence-electron chi connectivity index (χ3n) is 5.63. The molecule has 0 aliphatic carbocycles. The van der Waals surface area contributed by atoms with Crippen molar-refractivity contribution in [2.75, 3.05) is 6.61 Å². The lowest BCUT2D eigenvalue weighted by atomic mass is 10.0. The molecule has 1 aromatic heterocycles. The Morgan fingerprint density at radius 2 is 1.76 bits per heavy atom. The summed E-state index contributed by atoms with van der Waals surface area (Å²) in [6.07, 6.45) is 2.22. The Kier molecular flexibility index (Phi) is 7.72. The molecule has 0 fully saturated rings. The number of ether oxygens (including phenoxy) is 2. The van der Waals surface area contributed by atoms with E-state index < -0.39 is 12.0 Å². The molecule has 4 aromatic rings. The number of fused-ring (bicyclic) bond motifs is 1. The highest BCUT2D eigenvalue weighted by atomic mass is 35.5. The van der Waals surface area contributed by atoms with Gasteiger partial charge in [0.25, 0.3) is 0 Å². The van der Waals surface area contributed by atoms with E-state index in [9.17, 15) is 9.90 Å². The summed E-state index contributed by atoms with van der Waals surface area (Å²) in [5, 5.41) is 14.7. The van der Waals surface area contributed by atoms with Crippen molar-refractivity contribution in [2.45, 2.75) is 32.5 Å². The zero-order valence-corrected chi connectivity index (χ0v) is 19.6. The average molecular weight is 479 g/mol. The third kappa shape index (κ3) is 5.53. The lowest BCUT2D eigenvalue weighted by molar-refractivity contribution is -0.139. The highest BCUT2D eigenvalue weighted by Crippen LogP contribution is 2.33. The minimum atomic E-state index is -0.912. The second-order valence-electron chi connectivity index (χ2n) is 7.89. The number of aromatic amines is 1. The molecule has 176 valence electrons. The molecule has 0 aliphatic rings. The van der Waals surface area contributed by atoms with Crippen molar-refractivity contribution in [2.24, 2.45) is 0 Å². The van der Waals surface area contributed by atoms with Gasteiger partial charge in [0, 0.05) is 46.2 Å². The number of nitrogens with one attached hydrogen (secondary N) is 2. The van der Waals surface area contributed by atoms with Crippen LogP contribution in [0, 0.1) is 0 Å². The summed E-state index contributed by atoms with van der Waals surface area (Å²) in [6.45, 7) is 2.97. The molecule has 0 bridgehead atoms. The second-order valence-corrected chi connectivity index (χ2v) is 8.30. The molecule has 1 atom stereocenters. The van der Waals surface area contributed by atoms with Crippen molar-refractivity contribution in [3.8, 4) is 11.5 Å². The van der Waals surface area contributed by atoms with Crippen LogP contribution in [0.15, 0.2) is 72.9 Å². The van der Waals surface area contributed by atoms with Gasteiger partial charge in [-0.25, -0.2) is 0 Å². The Hall–Kier alpha value is -3.48. The van der Waals surface area contributed by atoms with Gasteiger partial charge in [0.05, 0.1) is 6.61 Å². The molecule has 0 saturated heterocycles. The minimum absolute atomic E-state index is 0.272. The molecule has 4 rings (SSSR count). The van der Waals surface area contributed by atoms with Gasteiger partial charge in [-0.2, -0.15) is 0 Å². The minimum Gasteiger partial charge on any atom is -0.490 e. The van der Waals surface area contributed by atoms with E-state index in [-0.39, 0.29) is 6.61 Å². The van der Waals surface area contributed by atoms with Crippen LogP contribution in [-0.4, -0.2) is 28.7 Å². The first-order valence-corrected chi connectivity index (χ1v) is 11.6. The van der Waals surface area contributed by atoms with E-state index in [1.165, 1.54) is 0 Å². The molecule has 1 heterocycles. The smallest absolute Gasteiger partial charge is 0.321 e. The monoisotopic (exact) mass is 478 g/mol. The van der Waals surface area contributed by atoms with Crippen LogP contribution in [0.5, 0.6) is 11.5 Å². The third-order valence-corrected chi connectivity index (χ3v) is 5.99. The van der Waals surface area contributed by atoms with Crippen LogP contribution < -0.4 is 14.8 Å². The standard InChI is InChI=1S/C27H27ClN2O4/c1-2-33-25-13-7-9-18(26(25)34-17-19-8-3-5-11-22(19)28)15-30-24(27(31)32)14-20-16-29-23-12-6-4-10-21(20)23/h3-13,16,24,29-30H,2,14-15,17H2,1H3,(H,31,32)/t24-/m0/s1. The summed E-state index contributed by atoms with van der Waals surface area (Å²) >= 11 is 6.29. The number of aromatic nitrogens is 1. The van der Waals surface area contributed by atoms with E-state index in [2.05, 4.69) is 10.3 Å². The van der Waals surface area contributed by atoms with Crippen molar-refractivity contribution >= 4 is 28.5 Å². The van der Waals surface area contributed by atoms with Crippen LogP contribution >= 0.6 is 11.6 Å². The van der Waals surface area contributed by atoms with E-state index in [0.717, 1.165) is 27.6 Å². The Bertz CT molecular complexity index is 1270. The number of hydrogen-bond acceptors (Lipinski definition) is 4. The zero-order chi connectivity index (χ0) is 23.9. The molecule has 3 N–H and O–H groups in total. The van der Waals surface area contributed by atoms with Gasteiger partial charge in [0.15, 0.2) is 11.5 Å². The largest absolute Gasteiger partial charge is 0.490 e. The van der Waals surface area contributed by atoms with Crippen molar-refractivity contribution in [3.05, 3.63) is 94.6 Å². The van der Waals surface area contributed by atoms with Gasteiger partial charge in [-0.1, -0.05) is 60.1 Å². The number of para-hydroxylation sites is 2. The van der Waals surface area contributed by atoms with E-state index in [0.29, 0.717) is 36.1 Å². The molecule has 34 heavy (non-hydrogen) atoms. The molecule has 0 radical (unpaired) electrons. The Labute approximate surface area is 203 Å².